The highest BCUT2D eigenvalue weighted by Crippen LogP contribution is 2.15. The molecule has 0 amide bonds. The number of piperazine rings is 1. The second-order valence-electron chi connectivity index (χ2n) is 6.87. The van der Waals surface area contributed by atoms with E-state index in [2.05, 4.69) is 37.1 Å². The summed E-state index contributed by atoms with van der Waals surface area (Å²) in [6.07, 6.45) is 1.02. The number of hydrogen-bond acceptors (Lipinski definition) is 5. The lowest BCUT2D eigenvalue weighted by atomic mass is 10.1. The van der Waals surface area contributed by atoms with Gasteiger partial charge in [0.25, 0.3) is 0 Å². The minimum Gasteiger partial charge on any atom is -0.361 e. The van der Waals surface area contributed by atoms with Gasteiger partial charge in [-0.05, 0) is 32.4 Å². The van der Waals surface area contributed by atoms with Gasteiger partial charge >= 0.3 is 0 Å². The summed E-state index contributed by atoms with van der Waals surface area (Å²) in [7, 11) is 0. The molecular formula is C19H25N5O. The average molecular weight is 339 g/mol. The third-order valence-corrected chi connectivity index (χ3v) is 5.14. The van der Waals surface area contributed by atoms with E-state index in [1.165, 1.54) is 5.56 Å². The van der Waals surface area contributed by atoms with Gasteiger partial charge in [0.2, 0.25) is 0 Å². The van der Waals surface area contributed by atoms with Crippen molar-refractivity contribution in [2.24, 2.45) is 0 Å². The molecule has 0 unspecified atom stereocenters. The normalized spacial score (nSPS) is 16.7. The number of nitrogens with one attached hydrogen (secondary N) is 1. The van der Waals surface area contributed by atoms with Crippen molar-refractivity contribution in [3.63, 3.8) is 0 Å². The van der Waals surface area contributed by atoms with Gasteiger partial charge in [-0.3, -0.25) is 4.90 Å². The van der Waals surface area contributed by atoms with Crippen LogP contribution in [0.25, 0.3) is 11.0 Å². The Morgan fingerprint density at radius 1 is 1.08 bits per heavy atom. The highest BCUT2D eigenvalue weighted by molar-refractivity contribution is 5.74. The minimum absolute atomic E-state index is 0.895. The van der Waals surface area contributed by atoms with Crippen LogP contribution in [0.15, 0.2) is 28.8 Å². The largest absolute Gasteiger partial charge is 0.361 e. The van der Waals surface area contributed by atoms with Crippen molar-refractivity contribution in [1.82, 2.24) is 24.9 Å². The highest BCUT2D eigenvalue weighted by atomic mass is 16.5. The first-order chi connectivity index (χ1) is 12.2. The fourth-order valence-corrected chi connectivity index (χ4v) is 3.59. The summed E-state index contributed by atoms with van der Waals surface area (Å²) in [6.45, 7) is 10.4. The number of rotatable bonds is 5. The van der Waals surface area contributed by atoms with Gasteiger partial charge in [0.05, 0.1) is 23.3 Å². The Morgan fingerprint density at radius 3 is 2.56 bits per heavy atom. The standard InChI is InChI=1S/C19H25N5O/c1-14-16(15(2)25-22-14)7-8-23-9-11-24(12-10-23)13-19-20-17-5-3-4-6-18(17)21-19/h3-6H,7-13H2,1-2H3,(H,20,21). The topological polar surface area (TPSA) is 61.2 Å². The van der Waals surface area contributed by atoms with E-state index in [9.17, 15) is 0 Å². The van der Waals surface area contributed by atoms with Gasteiger partial charge in [-0.25, -0.2) is 4.98 Å². The molecule has 6 heteroatoms. The van der Waals surface area contributed by atoms with Gasteiger partial charge in [-0.2, -0.15) is 0 Å². The number of hydrogen-bond donors (Lipinski definition) is 1. The molecule has 1 aromatic carbocycles. The molecule has 1 fully saturated rings. The Kier molecular flexibility index (Phi) is 4.55. The number of aromatic nitrogens is 3. The third kappa shape index (κ3) is 3.60. The quantitative estimate of drug-likeness (QED) is 0.774. The van der Waals surface area contributed by atoms with E-state index in [1.807, 2.05) is 26.0 Å². The van der Waals surface area contributed by atoms with E-state index in [4.69, 9.17) is 4.52 Å². The summed E-state index contributed by atoms with van der Waals surface area (Å²) in [4.78, 5) is 13.1. The molecule has 0 radical (unpaired) electrons. The lowest BCUT2D eigenvalue weighted by Crippen LogP contribution is -2.46. The van der Waals surface area contributed by atoms with Crippen LogP contribution in [-0.4, -0.2) is 57.6 Å². The number of para-hydroxylation sites is 2. The first-order valence-corrected chi connectivity index (χ1v) is 8.99. The molecule has 1 saturated heterocycles. The van der Waals surface area contributed by atoms with Gasteiger partial charge in [0, 0.05) is 38.3 Å². The van der Waals surface area contributed by atoms with E-state index < -0.39 is 0 Å². The number of H-pyrrole nitrogens is 1. The van der Waals surface area contributed by atoms with Gasteiger partial charge in [-0.15, -0.1) is 0 Å². The summed E-state index contributed by atoms with van der Waals surface area (Å²) >= 11 is 0. The van der Waals surface area contributed by atoms with Crippen LogP contribution in [0.1, 0.15) is 22.8 Å². The van der Waals surface area contributed by atoms with Crippen LogP contribution in [0.2, 0.25) is 0 Å². The van der Waals surface area contributed by atoms with E-state index in [-0.39, 0.29) is 0 Å². The number of aromatic amines is 1. The van der Waals surface area contributed by atoms with Crippen molar-refractivity contribution in [2.45, 2.75) is 26.8 Å². The fraction of sp³-hybridized carbons (Fsp3) is 0.474. The SMILES string of the molecule is Cc1noc(C)c1CCN1CCN(Cc2nc3ccccc3[nH]2)CC1. The van der Waals surface area contributed by atoms with Crippen LogP contribution < -0.4 is 0 Å². The zero-order chi connectivity index (χ0) is 17.2. The van der Waals surface area contributed by atoms with Crippen LogP contribution in [0.3, 0.4) is 0 Å². The van der Waals surface area contributed by atoms with Gasteiger partial charge in [0.15, 0.2) is 0 Å². The first-order valence-electron chi connectivity index (χ1n) is 8.99. The number of imidazole rings is 1. The Labute approximate surface area is 147 Å². The predicted molar refractivity (Wildman–Crippen MR) is 97.5 cm³/mol. The molecule has 0 saturated carbocycles. The molecule has 25 heavy (non-hydrogen) atoms. The number of fused-ring (bicyclic) bond motifs is 1. The van der Waals surface area contributed by atoms with E-state index in [1.54, 1.807) is 0 Å². The second kappa shape index (κ2) is 6.98. The summed E-state index contributed by atoms with van der Waals surface area (Å²) in [5, 5.41) is 4.04. The van der Waals surface area contributed by atoms with E-state index in [0.717, 1.165) is 74.0 Å². The third-order valence-electron chi connectivity index (χ3n) is 5.14. The molecular weight excluding hydrogens is 314 g/mol. The maximum Gasteiger partial charge on any atom is 0.137 e. The maximum absolute atomic E-state index is 5.26. The molecule has 1 aliphatic rings. The highest BCUT2D eigenvalue weighted by Gasteiger charge is 2.19. The molecule has 1 N–H and O–H groups in total. The lowest BCUT2D eigenvalue weighted by Gasteiger charge is -2.34. The smallest absolute Gasteiger partial charge is 0.137 e. The second-order valence-corrected chi connectivity index (χ2v) is 6.87. The van der Waals surface area contributed by atoms with Crippen molar-refractivity contribution in [2.75, 3.05) is 32.7 Å². The van der Waals surface area contributed by atoms with Crippen molar-refractivity contribution in [3.05, 3.63) is 47.1 Å². The molecule has 1 aliphatic heterocycles. The Morgan fingerprint density at radius 2 is 1.84 bits per heavy atom. The lowest BCUT2D eigenvalue weighted by molar-refractivity contribution is 0.126. The summed E-state index contributed by atoms with van der Waals surface area (Å²) < 4.78 is 5.26. The summed E-state index contributed by atoms with van der Waals surface area (Å²) in [5.74, 6) is 2.02. The van der Waals surface area contributed by atoms with E-state index in [0.29, 0.717) is 0 Å². The minimum atomic E-state index is 0.895. The molecule has 0 atom stereocenters. The molecule has 4 rings (SSSR count). The molecule has 132 valence electrons. The van der Waals surface area contributed by atoms with Crippen LogP contribution in [0, 0.1) is 13.8 Å². The molecule has 3 aromatic rings. The first kappa shape index (κ1) is 16.3. The molecule has 0 spiro atoms. The van der Waals surface area contributed by atoms with Crippen molar-refractivity contribution in [1.29, 1.82) is 0 Å². The Hall–Kier alpha value is -2.18. The van der Waals surface area contributed by atoms with Crippen molar-refractivity contribution in [3.8, 4) is 0 Å². The van der Waals surface area contributed by atoms with Crippen LogP contribution >= 0.6 is 0 Å². The molecule has 0 bridgehead atoms. The average Bonchev–Trinajstić information content (AvgIpc) is 3.17. The van der Waals surface area contributed by atoms with Gasteiger partial charge in [-0.1, -0.05) is 17.3 Å². The van der Waals surface area contributed by atoms with Crippen molar-refractivity contribution >= 4 is 11.0 Å². The number of aryl methyl sites for hydroxylation is 2. The van der Waals surface area contributed by atoms with Gasteiger partial charge in [0.1, 0.15) is 11.6 Å². The van der Waals surface area contributed by atoms with Gasteiger partial charge < -0.3 is 14.4 Å². The Bertz CT molecular complexity index is 792. The molecule has 6 nitrogen and oxygen atoms in total. The Balaban J connectivity index is 1.28. The summed E-state index contributed by atoms with van der Waals surface area (Å²) in [6, 6.07) is 8.22. The van der Waals surface area contributed by atoms with Crippen LogP contribution in [0.5, 0.6) is 0 Å². The van der Waals surface area contributed by atoms with E-state index >= 15 is 0 Å². The fourth-order valence-electron chi connectivity index (χ4n) is 3.59. The van der Waals surface area contributed by atoms with Crippen LogP contribution in [0.4, 0.5) is 0 Å². The zero-order valence-corrected chi connectivity index (χ0v) is 15.0. The zero-order valence-electron chi connectivity index (χ0n) is 15.0. The van der Waals surface area contributed by atoms with Crippen LogP contribution in [-0.2, 0) is 13.0 Å². The molecule has 3 heterocycles. The number of nitrogens with zero attached hydrogens (tertiary/aromatic N) is 4. The maximum atomic E-state index is 5.26. The molecule has 0 aliphatic carbocycles. The summed E-state index contributed by atoms with van der Waals surface area (Å²) in [5.41, 5.74) is 4.47. The molecule has 2 aromatic heterocycles. The predicted octanol–water partition coefficient (Wildman–Crippen LogP) is 2.53. The van der Waals surface area contributed by atoms with Crippen molar-refractivity contribution < 1.29 is 4.52 Å². The monoisotopic (exact) mass is 339 g/mol. The number of benzene rings is 1.